The molecule has 49 heavy (non-hydrogen) atoms. The van der Waals surface area contributed by atoms with E-state index in [1.165, 1.54) is 52.8 Å². The van der Waals surface area contributed by atoms with Crippen molar-refractivity contribution in [1.82, 2.24) is 15.0 Å². The topological polar surface area (TPSA) is 38.7 Å². The van der Waals surface area contributed by atoms with Crippen LogP contribution >= 0.6 is 11.3 Å². The van der Waals surface area contributed by atoms with E-state index in [2.05, 4.69) is 103 Å². The van der Waals surface area contributed by atoms with Crippen LogP contribution in [0.3, 0.4) is 0 Å². The Morgan fingerprint density at radius 1 is 0.306 bits per heavy atom. The van der Waals surface area contributed by atoms with Gasteiger partial charge in [-0.1, -0.05) is 140 Å². The van der Waals surface area contributed by atoms with Crippen molar-refractivity contribution >= 4 is 53.1 Å². The number of hydrogen-bond acceptors (Lipinski definition) is 4. The van der Waals surface area contributed by atoms with Crippen LogP contribution in [0, 0.1) is 0 Å². The Hall–Kier alpha value is -6.23. The predicted molar refractivity (Wildman–Crippen MR) is 206 cm³/mol. The molecule has 0 amide bonds. The van der Waals surface area contributed by atoms with E-state index in [4.69, 9.17) is 15.0 Å². The summed E-state index contributed by atoms with van der Waals surface area (Å²) in [5, 5.41) is 8.02. The fourth-order valence-electron chi connectivity index (χ4n) is 7.23. The SMILES string of the molecule is c1ccc(-c2nc(-c3ccccc3)nc(-c3cccc(-c4cccc(-c5ccc6sc7cccc8c9ccccc9c5c6c78)c4)c3)n2)cc1. The summed E-state index contributed by atoms with van der Waals surface area (Å²) >= 11 is 1.89. The molecule has 0 N–H and O–H groups in total. The molecule has 0 aliphatic carbocycles. The number of hydrogen-bond donors (Lipinski definition) is 0. The zero-order chi connectivity index (χ0) is 32.3. The monoisotopic (exact) mass is 641 g/mol. The number of nitrogens with zero attached hydrogens (tertiary/aromatic N) is 3. The third kappa shape index (κ3) is 4.61. The first kappa shape index (κ1) is 27.8. The van der Waals surface area contributed by atoms with Crippen molar-refractivity contribution < 1.29 is 0 Å². The van der Waals surface area contributed by atoms with Gasteiger partial charge in [-0.3, -0.25) is 0 Å². The standard InChI is InChI=1S/C45H27N3S/c1-3-12-28(13-4-1)43-46-44(29-14-5-2-6-15-29)48-45(47-43)33-19-10-17-31(27-33)30-16-9-18-32(26-30)34-24-25-39-42-40(34)36-21-8-7-20-35(36)37-22-11-23-38(49-39)41(37)42/h1-27H. The number of benzene rings is 8. The average Bonchev–Trinajstić information content (AvgIpc) is 3.57. The van der Waals surface area contributed by atoms with E-state index in [9.17, 15) is 0 Å². The average molecular weight is 642 g/mol. The van der Waals surface area contributed by atoms with Crippen LogP contribution in [-0.4, -0.2) is 15.0 Å². The highest BCUT2D eigenvalue weighted by molar-refractivity contribution is 7.26. The smallest absolute Gasteiger partial charge is 0.164 e. The molecule has 0 atom stereocenters. The van der Waals surface area contributed by atoms with E-state index < -0.39 is 0 Å². The van der Waals surface area contributed by atoms with Gasteiger partial charge in [0.1, 0.15) is 0 Å². The zero-order valence-corrected chi connectivity index (χ0v) is 27.2. The lowest BCUT2D eigenvalue weighted by Crippen LogP contribution is -2.00. The van der Waals surface area contributed by atoms with Gasteiger partial charge in [-0.05, 0) is 68.1 Å². The van der Waals surface area contributed by atoms with Crippen LogP contribution in [0.2, 0.25) is 0 Å². The molecule has 4 heteroatoms. The Labute approximate surface area is 287 Å². The predicted octanol–water partition coefficient (Wildman–Crippen LogP) is 12.3. The molecule has 10 rings (SSSR count). The third-order valence-corrected chi connectivity index (χ3v) is 10.6. The minimum Gasteiger partial charge on any atom is -0.208 e. The molecule has 0 spiro atoms. The van der Waals surface area contributed by atoms with Crippen LogP contribution in [-0.2, 0) is 0 Å². The van der Waals surface area contributed by atoms with Gasteiger partial charge in [0.25, 0.3) is 0 Å². The van der Waals surface area contributed by atoms with Crippen molar-refractivity contribution in [3.63, 3.8) is 0 Å². The van der Waals surface area contributed by atoms with Crippen molar-refractivity contribution in [2.75, 3.05) is 0 Å². The molecule has 2 aromatic heterocycles. The lowest BCUT2D eigenvalue weighted by molar-refractivity contribution is 1.07. The Morgan fingerprint density at radius 2 is 0.776 bits per heavy atom. The maximum atomic E-state index is 4.98. The fourth-order valence-corrected chi connectivity index (χ4v) is 8.37. The van der Waals surface area contributed by atoms with Crippen molar-refractivity contribution in [1.29, 1.82) is 0 Å². The minimum absolute atomic E-state index is 0.650. The summed E-state index contributed by atoms with van der Waals surface area (Å²) < 4.78 is 2.68. The van der Waals surface area contributed by atoms with E-state index in [1.54, 1.807) is 0 Å². The molecule has 0 aliphatic rings. The second-order valence-corrected chi connectivity index (χ2v) is 13.5. The summed E-state index contributed by atoms with van der Waals surface area (Å²) in [6.45, 7) is 0. The molecule has 8 aromatic carbocycles. The fraction of sp³-hybridized carbons (Fsp3) is 0. The van der Waals surface area contributed by atoms with Gasteiger partial charge in [-0.15, -0.1) is 11.3 Å². The molecule has 10 aromatic rings. The van der Waals surface area contributed by atoms with Crippen LogP contribution in [0.4, 0.5) is 0 Å². The van der Waals surface area contributed by atoms with Gasteiger partial charge in [0.05, 0.1) is 0 Å². The molecule has 0 unspecified atom stereocenters. The Morgan fingerprint density at radius 3 is 1.47 bits per heavy atom. The molecule has 0 saturated heterocycles. The molecule has 2 heterocycles. The summed E-state index contributed by atoms with van der Waals surface area (Å²) in [6, 6.07) is 57.9. The first-order chi connectivity index (χ1) is 24.3. The first-order valence-corrected chi connectivity index (χ1v) is 17.3. The van der Waals surface area contributed by atoms with E-state index in [1.807, 2.05) is 72.0 Å². The molecule has 0 aliphatic heterocycles. The Bertz CT molecular complexity index is 2760. The van der Waals surface area contributed by atoms with Gasteiger partial charge in [-0.2, -0.15) is 0 Å². The molecule has 228 valence electrons. The van der Waals surface area contributed by atoms with E-state index >= 15 is 0 Å². The summed E-state index contributed by atoms with van der Waals surface area (Å²) in [5.41, 5.74) is 7.58. The van der Waals surface area contributed by atoms with Crippen LogP contribution in [0.5, 0.6) is 0 Å². The highest BCUT2D eigenvalue weighted by Crippen LogP contribution is 2.48. The maximum Gasteiger partial charge on any atom is 0.164 e. The molecular weight excluding hydrogens is 615 g/mol. The summed E-state index contributed by atoms with van der Waals surface area (Å²) in [4.78, 5) is 14.8. The number of thiophene rings is 1. The van der Waals surface area contributed by atoms with Crippen LogP contribution in [0.15, 0.2) is 164 Å². The summed E-state index contributed by atoms with van der Waals surface area (Å²) in [6.07, 6.45) is 0. The second kappa shape index (κ2) is 11.2. The quantitative estimate of drug-likeness (QED) is 0.176. The second-order valence-electron chi connectivity index (χ2n) is 12.4. The first-order valence-electron chi connectivity index (χ1n) is 16.4. The van der Waals surface area contributed by atoms with Crippen molar-refractivity contribution in [3.8, 4) is 56.4 Å². The maximum absolute atomic E-state index is 4.98. The normalized spacial score (nSPS) is 11.7. The Kier molecular flexibility index (Phi) is 6.36. The largest absolute Gasteiger partial charge is 0.208 e. The molecule has 0 radical (unpaired) electrons. The molecule has 0 fully saturated rings. The number of aromatic nitrogens is 3. The van der Waals surface area contributed by atoms with Crippen LogP contribution in [0.25, 0.3) is 98.1 Å². The minimum atomic E-state index is 0.650. The highest BCUT2D eigenvalue weighted by Gasteiger charge is 2.19. The molecule has 0 saturated carbocycles. The van der Waals surface area contributed by atoms with Crippen molar-refractivity contribution in [2.45, 2.75) is 0 Å². The number of rotatable bonds is 5. The van der Waals surface area contributed by atoms with Crippen molar-refractivity contribution in [3.05, 3.63) is 164 Å². The van der Waals surface area contributed by atoms with Gasteiger partial charge in [-0.25, -0.2) is 15.0 Å². The molecular formula is C45H27N3S. The molecule has 0 bridgehead atoms. The molecule has 3 nitrogen and oxygen atoms in total. The van der Waals surface area contributed by atoms with Gasteiger partial charge >= 0.3 is 0 Å². The Balaban J connectivity index is 1.12. The van der Waals surface area contributed by atoms with Crippen LogP contribution in [0.1, 0.15) is 0 Å². The van der Waals surface area contributed by atoms with Gasteiger partial charge < -0.3 is 0 Å². The van der Waals surface area contributed by atoms with E-state index in [0.717, 1.165) is 27.8 Å². The summed E-state index contributed by atoms with van der Waals surface area (Å²) in [7, 11) is 0. The van der Waals surface area contributed by atoms with Crippen molar-refractivity contribution in [2.24, 2.45) is 0 Å². The van der Waals surface area contributed by atoms with Gasteiger partial charge in [0.2, 0.25) is 0 Å². The lowest BCUT2D eigenvalue weighted by atomic mass is 9.89. The lowest BCUT2D eigenvalue weighted by Gasteiger charge is -2.14. The van der Waals surface area contributed by atoms with E-state index in [-0.39, 0.29) is 0 Å². The van der Waals surface area contributed by atoms with Gasteiger partial charge in [0, 0.05) is 36.9 Å². The van der Waals surface area contributed by atoms with Gasteiger partial charge in [0.15, 0.2) is 17.5 Å². The zero-order valence-electron chi connectivity index (χ0n) is 26.3. The number of fused-ring (bicyclic) bond motifs is 3. The summed E-state index contributed by atoms with van der Waals surface area (Å²) in [5.74, 6) is 1.97. The van der Waals surface area contributed by atoms with E-state index in [0.29, 0.717) is 17.5 Å². The van der Waals surface area contributed by atoms with Crippen LogP contribution < -0.4 is 0 Å². The third-order valence-electron chi connectivity index (χ3n) is 9.48. The highest BCUT2D eigenvalue weighted by atomic mass is 32.1.